The Morgan fingerprint density at radius 2 is 2.42 bits per heavy atom. The maximum absolute atomic E-state index is 10.6. The first kappa shape index (κ1) is 8.54. The van der Waals surface area contributed by atoms with Crippen LogP contribution >= 0.6 is 0 Å². The number of anilines is 1. The Morgan fingerprint density at radius 3 is 2.83 bits per heavy atom. The fraction of sp³-hybridized carbons (Fsp3) is 0.333. The summed E-state index contributed by atoms with van der Waals surface area (Å²) in [6, 6.07) is 0. The van der Waals surface area contributed by atoms with E-state index in [1.54, 1.807) is 0 Å². The lowest BCUT2D eigenvalue weighted by Crippen LogP contribution is -2.14. The minimum atomic E-state index is -0.663. The zero-order valence-electron chi connectivity index (χ0n) is 6.40. The summed E-state index contributed by atoms with van der Waals surface area (Å²) < 4.78 is 1.37. The average Bonchev–Trinajstić information content (AvgIpc) is 2.32. The van der Waals surface area contributed by atoms with E-state index in [4.69, 9.17) is 16.6 Å². The molecule has 0 saturated heterocycles. The summed E-state index contributed by atoms with van der Waals surface area (Å²) in [6.07, 6.45) is 1.45. The highest BCUT2D eigenvalue weighted by atomic mass is 16.3. The fourth-order valence-corrected chi connectivity index (χ4v) is 0.845. The Kier molecular flexibility index (Phi) is 2.29. The molecule has 5 N–H and O–H groups in total. The number of carbonyl (C=O) groups is 1. The van der Waals surface area contributed by atoms with Gasteiger partial charge in [-0.3, -0.25) is 9.48 Å². The standard InChI is InChI=1S/C6H10N4O2/c7-4-3-10(1-2-11)9-5(4)6(8)12/h3,11H,1-2,7H2,(H2,8,12). The molecule has 1 heterocycles. The lowest BCUT2D eigenvalue weighted by molar-refractivity contribution is 0.0995. The van der Waals surface area contributed by atoms with E-state index in [-0.39, 0.29) is 18.0 Å². The molecule has 0 fully saturated rings. The van der Waals surface area contributed by atoms with Crippen molar-refractivity contribution in [2.24, 2.45) is 5.73 Å². The first-order valence-electron chi connectivity index (χ1n) is 3.38. The fourth-order valence-electron chi connectivity index (χ4n) is 0.845. The third kappa shape index (κ3) is 1.54. The van der Waals surface area contributed by atoms with Gasteiger partial charge in [0.25, 0.3) is 5.91 Å². The summed E-state index contributed by atoms with van der Waals surface area (Å²) in [5, 5.41) is 12.3. The summed E-state index contributed by atoms with van der Waals surface area (Å²) in [7, 11) is 0. The Hall–Kier alpha value is -1.56. The summed E-state index contributed by atoms with van der Waals surface area (Å²) in [5.41, 5.74) is 10.7. The first-order chi connectivity index (χ1) is 5.65. The van der Waals surface area contributed by atoms with E-state index in [9.17, 15) is 4.79 Å². The molecule has 6 nitrogen and oxygen atoms in total. The van der Waals surface area contributed by atoms with Crippen LogP contribution in [0.2, 0.25) is 0 Å². The van der Waals surface area contributed by atoms with E-state index in [1.807, 2.05) is 0 Å². The molecule has 12 heavy (non-hydrogen) atoms. The highest BCUT2D eigenvalue weighted by Gasteiger charge is 2.10. The van der Waals surface area contributed by atoms with Gasteiger partial charge in [-0.25, -0.2) is 0 Å². The molecule has 0 aromatic carbocycles. The molecule has 0 saturated carbocycles. The molecule has 1 aromatic heterocycles. The number of nitrogens with two attached hydrogens (primary N) is 2. The van der Waals surface area contributed by atoms with Crippen LogP contribution in [0.5, 0.6) is 0 Å². The number of amides is 1. The smallest absolute Gasteiger partial charge is 0.271 e. The van der Waals surface area contributed by atoms with Crippen LogP contribution in [0.1, 0.15) is 10.5 Å². The minimum Gasteiger partial charge on any atom is -0.396 e. The summed E-state index contributed by atoms with van der Waals surface area (Å²) >= 11 is 0. The van der Waals surface area contributed by atoms with Crippen molar-refractivity contribution < 1.29 is 9.90 Å². The van der Waals surface area contributed by atoms with Gasteiger partial charge in [0, 0.05) is 6.20 Å². The zero-order valence-corrected chi connectivity index (χ0v) is 6.40. The number of carbonyl (C=O) groups excluding carboxylic acids is 1. The van der Waals surface area contributed by atoms with E-state index in [0.29, 0.717) is 6.54 Å². The molecule has 0 atom stereocenters. The highest BCUT2D eigenvalue weighted by molar-refractivity contribution is 5.95. The summed E-state index contributed by atoms with van der Waals surface area (Å²) in [5.74, 6) is -0.663. The van der Waals surface area contributed by atoms with Crippen LogP contribution in [-0.4, -0.2) is 27.4 Å². The molecular formula is C6H10N4O2. The van der Waals surface area contributed by atoms with Crippen molar-refractivity contribution in [1.29, 1.82) is 0 Å². The third-order valence-corrected chi connectivity index (χ3v) is 1.35. The number of hydrogen-bond acceptors (Lipinski definition) is 4. The number of aliphatic hydroxyl groups excluding tert-OH is 1. The van der Waals surface area contributed by atoms with Gasteiger partial charge in [0.2, 0.25) is 0 Å². The number of nitrogens with zero attached hydrogens (tertiary/aromatic N) is 2. The van der Waals surface area contributed by atoms with Crippen LogP contribution < -0.4 is 11.5 Å². The number of aliphatic hydroxyl groups is 1. The van der Waals surface area contributed by atoms with E-state index in [0.717, 1.165) is 0 Å². The van der Waals surface area contributed by atoms with Gasteiger partial charge in [0.05, 0.1) is 18.8 Å². The number of primary amides is 1. The van der Waals surface area contributed by atoms with Gasteiger partial charge in [-0.2, -0.15) is 5.10 Å². The van der Waals surface area contributed by atoms with E-state index in [2.05, 4.69) is 5.10 Å². The van der Waals surface area contributed by atoms with Gasteiger partial charge in [-0.1, -0.05) is 0 Å². The van der Waals surface area contributed by atoms with Gasteiger partial charge in [-0.05, 0) is 0 Å². The number of rotatable bonds is 3. The maximum Gasteiger partial charge on any atom is 0.271 e. The van der Waals surface area contributed by atoms with E-state index < -0.39 is 5.91 Å². The summed E-state index contributed by atoms with van der Waals surface area (Å²) in [6.45, 7) is 0.247. The van der Waals surface area contributed by atoms with Gasteiger partial charge < -0.3 is 16.6 Å². The Bertz CT molecular complexity index is 294. The molecule has 1 amide bonds. The van der Waals surface area contributed by atoms with Crippen LogP contribution in [0.15, 0.2) is 6.20 Å². The second-order valence-electron chi connectivity index (χ2n) is 2.28. The second kappa shape index (κ2) is 3.22. The number of nitrogen functional groups attached to an aromatic ring is 1. The molecule has 6 heteroatoms. The zero-order chi connectivity index (χ0) is 9.14. The molecule has 1 rings (SSSR count). The Labute approximate surface area is 68.8 Å². The molecule has 66 valence electrons. The second-order valence-corrected chi connectivity index (χ2v) is 2.28. The third-order valence-electron chi connectivity index (χ3n) is 1.35. The molecule has 0 aliphatic carbocycles. The van der Waals surface area contributed by atoms with Crippen molar-refractivity contribution in [3.8, 4) is 0 Å². The highest BCUT2D eigenvalue weighted by Crippen LogP contribution is 2.07. The predicted molar refractivity (Wildman–Crippen MR) is 42.2 cm³/mol. The average molecular weight is 170 g/mol. The molecule has 0 bridgehead atoms. The van der Waals surface area contributed by atoms with Gasteiger partial charge in [0.15, 0.2) is 5.69 Å². The normalized spacial score (nSPS) is 10.1. The van der Waals surface area contributed by atoms with Crippen molar-refractivity contribution in [2.75, 3.05) is 12.3 Å². The topological polar surface area (TPSA) is 107 Å². The minimum absolute atomic E-state index is 0.0449. The molecule has 1 aromatic rings. The quantitative estimate of drug-likeness (QED) is 0.516. The van der Waals surface area contributed by atoms with Gasteiger partial charge in [-0.15, -0.1) is 0 Å². The SMILES string of the molecule is NC(=O)c1nn(CCO)cc1N. The van der Waals surface area contributed by atoms with E-state index >= 15 is 0 Å². The van der Waals surface area contributed by atoms with Crippen LogP contribution in [0.4, 0.5) is 5.69 Å². The van der Waals surface area contributed by atoms with E-state index in [1.165, 1.54) is 10.9 Å². The predicted octanol–water partition coefficient (Wildman–Crippen LogP) is -1.44. The van der Waals surface area contributed by atoms with Crippen LogP contribution in [-0.2, 0) is 6.54 Å². The van der Waals surface area contributed by atoms with Crippen LogP contribution in [0.3, 0.4) is 0 Å². The summed E-state index contributed by atoms with van der Waals surface area (Å²) in [4.78, 5) is 10.6. The molecular weight excluding hydrogens is 160 g/mol. The van der Waals surface area contributed by atoms with Gasteiger partial charge in [0.1, 0.15) is 0 Å². The van der Waals surface area contributed by atoms with Crippen molar-refractivity contribution >= 4 is 11.6 Å². The molecule has 0 aliphatic rings. The van der Waals surface area contributed by atoms with Crippen molar-refractivity contribution in [3.05, 3.63) is 11.9 Å². The maximum atomic E-state index is 10.6. The molecule has 0 unspecified atom stereocenters. The molecule has 0 aliphatic heterocycles. The van der Waals surface area contributed by atoms with Crippen LogP contribution in [0, 0.1) is 0 Å². The molecule has 0 spiro atoms. The van der Waals surface area contributed by atoms with Gasteiger partial charge >= 0.3 is 0 Å². The van der Waals surface area contributed by atoms with Crippen molar-refractivity contribution in [2.45, 2.75) is 6.54 Å². The monoisotopic (exact) mass is 170 g/mol. The number of aromatic nitrogens is 2. The lowest BCUT2D eigenvalue weighted by atomic mass is 10.4. The Balaban J connectivity index is 2.92. The Morgan fingerprint density at radius 1 is 1.75 bits per heavy atom. The largest absolute Gasteiger partial charge is 0.396 e. The van der Waals surface area contributed by atoms with Crippen LogP contribution in [0.25, 0.3) is 0 Å². The lowest BCUT2D eigenvalue weighted by Gasteiger charge is -1.93. The van der Waals surface area contributed by atoms with Crippen molar-refractivity contribution in [1.82, 2.24) is 9.78 Å². The first-order valence-corrected chi connectivity index (χ1v) is 3.38. The molecule has 0 radical (unpaired) electrons. The number of hydrogen-bond donors (Lipinski definition) is 3. The van der Waals surface area contributed by atoms with Crippen molar-refractivity contribution in [3.63, 3.8) is 0 Å².